The predicted octanol–water partition coefficient (Wildman–Crippen LogP) is 4.65. The Balaban J connectivity index is 2.06. The van der Waals surface area contributed by atoms with Crippen LogP contribution in [0.5, 0.6) is 0 Å². The number of hydrogen-bond acceptors (Lipinski definition) is 1. The van der Waals surface area contributed by atoms with Gasteiger partial charge in [-0.1, -0.05) is 55.7 Å². The lowest BCUT2D eigenvalue weighted by molar-refractivity contribution is -0.0444. The summed E-state index contributed by atoms with van der Waals surface area (Å²) in [6, 6.07) is 15.3. The van der Waals surface area contributed by atoms with Gasteiger partial charge in [-0.2, -0.15) is 0 Å². The van der Waals surface area contributed by atoms with Crippen molar-refractivity contribution >= 4 is 10.8 Å². The van der Waals surface area contributed by atoms with Crippen LogP contribution in [0.2, 0.25) is 0 Å². The van der Waals surface area contributed by atoms with E-state index in [0.29, 0.717) is 0 Å². The minimum absolute atomic E-state index is 0.0394. The molecule has 0 N–H and O–H groups in total. The molecule has 94 valence electrons. The van der Waals surface area contributed by atoms with E-state index in [1.165, 1.54) is 35.6 Å². The molecule has 1 aliphatic rings. The molecule has 0 radical (unpaired) electrons. The summed E-state index contributed by atoms with van der Waals surface area (Å²) in [5.74, 6) is 0. The fourth-order valence-corrected chi connectivity index (χ4v) is 3.21. The van der Waals surface area contributed by atoms with Gasteiger partial charge in [-0.15, -0.1) is 0 Å². The third-order valence-corrected chi connectivity index (χ3v) is 4.33. The lowest BCUT2D eigenvalue weighted by Gasteiger charge is -2.36. The van der Waals surface area contributed by atoms with Gasteiger partial charge < -0.3 is 4.74 Å². The highest BCUT2D eigenvalue weighted by atomic mass is 16.5. The van der Waals surface area contributed by atoms with Crippen LogP contribution in [-0.2, 0) is 10.3 Å². The number of hydrogen-bond donors (Lipinski definition) is 0. The zero-order valence-electron chi connectivity index (χ0n) is 11.0. The molecule has 1 heteroatoms. The van der Waals surface area contributed by atoms with Crippen molar-refractivity contribution in [3.63, 3.8) is 0 Å². The average molecular weight is 240 g/mol. The monoisotopic (exact) mass is 240 g/mol. The van der Waals surface area contributed by atoms with E-state index in [0.717, 1.165) is 12.8 Å². The first-order chi connectivity index (χ1) is 8.84. The van der Waals surface area contributed by atoms with Crippen LogP contribution in [0.4, 0.5) is 0 Å². The summed E-state index contributed by atoms with van der Waals surface area (Å²) in [5.41, 5.74) is 1.31. The Bertz CT molecular complexity index is 538. The first-order valence-corrected chi connectivity index (χ1v) is 6.88. The topological polar surface area (TPSA) is 9.23 Å². The number of fused-ring (bicyclic) bond motifs is 1. The number of rotatable bonds is 2. The zero-order chi connectivity index (χ0) is 12.4. The lowest BCUT2D eigenvalue weighted by Crippen LogP contribution is -2.30. The molecule has 0 bridgehead atoms. The van der Waals surface area contributed by atoms with Gasteiger partial charge in [0, 0.05) is 7.11 Å². The van der Waals surface area contributed by atoms with Crippen LogP contribution >= 0.6 is 0 Å². The third kappa shape index (κ3) is 1.93. The minimum Gasteiger partial charge on any atom is -0.374 e. The largest absolute Gasteiger partial charge is 0.374 e. The molecule has 1 saturated carbocycles. The van der Waals surface area contributed by atoms with Crippen LogP contribution in [0.25, 0.3) is 10.8 Å². The van der Waals surface area contributed by atoms with Gasteiger partial charge in [-0.05, 0) is 35.2 Å². The van der Waals surface area contributed by atoms with E-state index in [4.69, 9.17) is 4.74 Å². The lowest BCUT2D eigenvalue weighted by atomic mass is 9.79. The van der Waals surface area contributed by atoms with Crippen LogP contribution in [0, 0.1) is 0 Å². The van der Waals surface area contributed by atoms with Crippen molar-refractivity contribution in [1.82, 2.24) is 0 Å². The van der Waals surface area contributed by atoms with E-state index >= 15 is 0 Å². The van der Waals surface area contributed by atoms with Crippen LogP contribution in [0.15, 0.2) is 42.5 Å². The normalized spacial score (nSPS) is 18.9. The van der Waals surface area contributed by atoms with Gasteiger partial charge >= 0.3 is 0 Å². The Morgan fingerprint density at radius 1 is 0.889 bits per heavy atom. The van der Waals surface area contributed by atoms with Crippen LogP contribution in [-0.4, -0.2) is 7.11 Å². The van der Waals surface area contributed by atoms with Gasteiger partial charge in [0.05, 0.1) is 5.60 Å². The quantitative estimate of drug-likeness (QED) is 0.742. The molecule has 3 rings (SSSR count). The van der Waals surface area contributed by atoms with Crippen LogP contribution < -0.4 is 0 Å². The Morgan fingerprint density at radius 2 is 1.61 bits per heavy atom. The van der Waals surface area contributed by atoms with Crippen molar-refractivity contribution in [3.05, 3.63) is 48.0 Å². The Kier molecular flexibility index (Phi) is 3.09. The molecule has 0 unspecified atom stereocenters. The maximum absolute atomic E-state index is 5.91. The van der Waals surface area contributed by atoms with Crippen LogP contribution in [0.1, 0.15) is 37.7 Å². The van der Waals surface area contributed by atoms with E-state index in [1.807, 2.05) is 7.11 Å². The highest BCUT2D eigenvalue weighted by molar-refractivity contribution is 5.83. The molecule has 18 heavy (non-hydrogen) atoms. The molecule has 1 fully saturated rings. The van der Waals surface area contributed by atoms with Gasteiger partial charge in [0.2, 0.25) is 0 Å². The molecule has 0 atom stereocenters. The van der Waals surface area contributed by atoms with Crippen molar-refractivity contribution in [2.75, 3.05) is 7.11 Å². The van der Waals surface area contributed by atoms with E-state index in [1.54, 1.807) is 0 Å². The van der Waals surface area contributed by atoms with Gasteiger partial charge in [-0.25, -0.2) is 0 Å². The molecule has 0 spiro atoms. The molecule has 0 aliphatic heterocycles. The highest BCUT2D eigenvalue weighted by Gasteiger charge is 2.33. The van der Waals surface area contributed by atoms with Crippen molar-refractivity contribution in [2.45, 2.75) is 37.7 Å². The van der Waals surface area contributed by atoms with E-state index in [2.05, 4.69) is 42.5 Å². The molecule has 2 aromatic rings. The van der Waals surface area contributed by atoms with Crippen molar-refractivity contribution < 1.29 is 4.74 Å². The number of methoxy groups -OCH3 is 1. The Morgan fingerprint density at radius 3 is 2.33 bits per heavy atom. The molecule has 0 saturated heterocycles. The second-order valence-electron chi connectivity index (χ2n) is 5.32. The summed E-state index contributed by atoms with van der Waals surface area (Å²) >= 11 is 0. The molecule has 0 amide bonds. The summed E-state index contributed by atoms with van der Waals surface area (Å²) < 4.78 is 5.91. The molecule has 2 aromatic carbocycles. The SMILES string of the molecule is COC1(c2ccc3ccccc3c2)CCCCC1. The first kappa shape index (κ1) is 11.7. The van der Waals surface area contributed by atoms with E-state index in [-0.39, 0.29) is 5.60 Å². The second-order valence-corrected chi connectivity index (χ2v) is 5.32. The molecular formula is C17H20O. The van der Waals surface area contributed by atoms with Crippen molar-refractivity contribution in [3.8, 4) is 0 Å². The van der Waals surface area contributed by atoms with Gasteiger partial charge in [0.25, 0.3) is 0 Å². The predicted molar refractivity (Wildman–Crippen MR) is 75.7 cm³/mol. The molecule has 1 nitrogen and oxygen atoms in total. The summed E-state index contributed by atoms with van der Waals surface area (Å²) in [5, 5.41) is 2.63. The minimum atomic E-state index is -0.0394. The Labute approximate surface area is 109 Å². The third-order valence-electron chi connectivity index (χ3n) is 4.33. The molecule has 1 aliphatic carbocycles. The summed E-state index contributed by atoms with van der Waals surface area (Å²) in [4.78, 5) is 0. The number of benzene rings is 2. The van der Waals surface area contributed by atoms with Crippen molar-refractivity contribution in [2.24, 2.45) is 0 Å². The fraction of sp³-hybridized carbons (Fsp3) is 0.412. The van der Waals surface area contributed by atoms with E-state index in [9.17, 15) is 0 Å². The number of ether oxygens (including phenoxy) is 1. The maximum Gasteiger partial charge on any atom is 0.0927 e. The summed E-state index contributed by atoms with van der Waals surface area (Å²) in [7, 11) is 1.86. The molecule has 0 aromatic heterocycles. The van der Waals surface area contributed by atoms with Gasteiger partial charge in [0.15, 0.2) is 0 Å². The smallest absolute Gasteiger partial charge is 0.0927 e. The standard InChI is InChI=1S/C17H20O/c1-18-17(11-5-2-6-12-17)16-10-9-14-7-3-4-8-15(14)13-16/h3-4,7-10,13H,2,5-6,11-12H2,1H3. The van der Waals surface area contributed by atoms with Crippen molar-refractivity contribution in [1.29, 1.82) is 0 Å². The molecule has 0 heterocycles. The maximum atomic E-state index is 5.91. The van der Waals surface area contributed by atoms with Gasteiger partial charge in [0.1, 0.15) is 0 Å². The van der Waals surface area contributed by atoms with E-state index < -0.39 is 0 Å². The van der Waals surface area contributed by atoms with Gasteiger partial charge in [-0.3, -0.25) is 0 Å². The Hall–Kier alpha value is -1.34. The summed E-state index contributed by atoms with van der Waals surface area (Å²) in [6.07, 6.45) is 6.21. The zero-order valence-corrected chi connectivity index (χ0v) is 11.0. The fourth-order valence-electron chi connectivity index (χ4n) is 3.21. The van der Waals surface area contributed by atoms with Crippen LogP contribution in [0.3, 0.4) is 0 Å². The first-order valence-electron chi connectivity index (χ1n) is 6.88. The summed E-state index contributed by atoms with van der Waals surface area (Å²) in [6.45, 7) is 0. The highest BCUT2D eigenvalue weighted by Crippen LogP contribution is 2.40. The second kappa shape index (κ2) is 4.74. The average Bonchev–Trinajstić information content (AvgIpc) is 2.47. The molecular weight excluding hydrogens is 220 g/mol.